The van der Waals surface area contributed by atoms with Gasteiger partial charge in [0.15, 0.2) is 0 Å². The third kappa shape index (κ3) is 4.94. The van der Waals surface area contributed by atoms with Gasteiger partial charge >= 0.3 is 0 Å². The molecular weight excluding hydrogens is 450 g/mol. The number of aromatic amines is 1. The largest absolute Gasteiger partial charge is 0.321 e. The molecule has 5 heteroatoms. The van der Waals surface area contributed by atoms with Crippen LogP contribution in [0.1, 0.15) is 30.5 Å². The van der Waals surface area contributed by atoms with E-state index in [0.717, 1.165) is 53.8 Å². The maximum absolute atomic E-state index is 12.6. The first-order chi connectivity index (χ1) is 16.8. The molecule has 1 aliphatic heterocycles. The second kappa shape index (κ2) is 9.65. The van der Waals surface area contributed by atoms with E-state index in [1.54, 1.807) is 0 Å². The lowest BCUT2D eigenvalue weighted by atomic mass is 9.90. The number of pyridine rings is 1. The molecular formula is C30H33N3OS. The van der Waals surface area contributed by atoms with Crippen LogP contribution in [0.5, 0.6) is 0 Å². The maximum Gasteiger partial charge on any atom is 0.256 e. The summed E-state index contributed by atoms with van der Waals surface area (Å²) in [6.45, 7) is 12.9. The van der Waals surface area contributed by atoms with E-state index in [1.165, 1.54) is 16.0 Å². The van der Waals surface area contributed by atoms with Crippen LogP contribution >= 0.6 is 11.9 Å². The number of H-pyrrole nitrogens is 1. The second-order valence-corrected chi connectivity index (χ2v) is 11.2. The summed E-state index contributed by atoms with van der Waals surface area (Å²) in [6, 6.07) is 25.4. The zero-order chi connectivity index (χ0) is 24.6. The number of hydrogen-bond acceptors (Lipinski definition) is 4. The molecule has 2 heterocycles. The molecule has 180 valence electrons. The molecule has 1 aliphatic rings. The fourth-order valence-corrected chi connectivity index (χ4v) is 5.82. The van der Waals surface area contributed by atoms with E-state index in [2.05, 4.69) is 103 Å². The van der Waals surface area contributed by atoms with E-state index in [0.29, 0.717) is 0 Å². The van der Waals surface area contributed by atoms with Crippen molar-refractivity contribution in [1.82, 2.24) is 14.2 Å². The van der Waals surface area contributed by atoms with Gasteiger partial charge in [0.05, 0.1) is 0 Å². The number of fused-ring (bicyclic) bond motifs is 1. The molecule has 0 radical (unpaired) electrons. The fourth-order valence-electron chi connectivity index (χ4n) is 4.92. The van der Waals surface area contributed by atoms with Crippen molar-refractivity contribution in [3.63, 3.8) is 0 Å². The van der Waals surface area contributed by atoms with Crippen molar-refractivity contribution in [2.24, 2.45) is 0 Å². The highest BCUT2D eigenvalue weighted by Gasteiger charge is 2.31. The Morgan fingerprint density at radius 3 is 2.20 bits per heavy atom. The van der Waals surface area contributed by atoms with Gasteiger partial charge in [-0.3, -0.25) is 9.69 Å². The summed E-state index contributed by atoms with van der Waals surface area (Å²) < 4.78 is 2.47. The molecule has 5 rings (SSSR count). The van der Waals surface area contributed by atoms with Crippen LogP contribution in [0.2, 0.25) is 0 Å². The predicted molar refractivity (Wildman–Crippen MR) is 148 cm³/mol. The van der Waals surface area contributed by atoms with E-state index >= 15 is 0 Å². The van der Waals surface area contributed by atoms with E-state index in [1.807, 2.05) is 24.1 Å². The molecule has 1 fully saturated rings. The zero-order valence-electron chi connectivity index (χ0n) is 21.0. The van der Waals surface area contributed by atoms with Crippen molar-refractivity contribution >= 4 is 22.7 Å². The molecule has 4 nitrogen and oxygen atoms in total. The SMILES string of the molecule is Cc1ccc(SN2CCN(C(C)(C)c3ccc(-c4cc5c(C)cccc5c(=O)[nH]4)cc3)CC2)cc1. The number of aryl methyl sites for hydroxylation is 2. The van der Waals surface area contributed by atoms with Gasteiger partial charge < -0.3 is 4.98 Å². The summed E-state index contributed by atoms with van der Waals surface area (Å²) in [7, 11) is 0. The second-order valence-electron chi connectivity index (χ2n) is 10.0. The summed E-state index contributed by atoms with van der Waals surface area (Å²) in [6.07, 6.45) is 0. The first kappa shape index (κ1) is 23.9. The van der Waals surface area contributed by atoms with Gasteiger partial charge in [0, 0.05) is 47.7 Å². The average Bonchev–Trinajstić information content (AvgIpc) is 2.86. The first-order valence-corrected chi connectivity index (χ1v) is 13.1. The third-order valence-electron chi connectivity index (χ3n) is 7.29. The first-order valence-electron chi connectivity index (χ1n) is 12.3. The van der Waals surface area contributed by atoms with Crippen molar-refractivity contribution in [2.75, 3.05) is 26.2 Å². The Hall–Kier alpha value is -2.86. The van der Waals surface area contributed by atoms with Gasteiger partial charge in [-0.2, -0.15) is 0 Å². The molecule has 0 aliphatic carbocycles. The lowest BCUT2D eigenvalue weighted by molar-refractivity contribution is 0.0809. The molecule has 0 bridgehead atoms. The number of aromatic nitrogens is 1. The molecule has 0 saturated carbocycles. The van der Waals surface area contributed by atoms with Gasteiger partial charge in [-0.05, 0) is 86.0 Å². The van der Waals surface area contributed by atoms with E-state index < -0.39 is 0 Å². The lowest BCUT2D eigenvalue weighted by Crippen LogP contribution is -2.51. The number of nitrogens with zero attached hydrogens (tertiary/aromatic N) is 2. The molecule has 4 aromatic rings. The van der Waals surface area contributed by atoms with Crippen molar-refractivity contribution < 1.29 is 0 Å². The summed E-state index contributed by atoms with van der Waals surface area (Å²) >= 11 is 1.86. The quantitative estimate of drug-likeness (QED) is 0.335. The van der Waals surface area contributed by atoms with Crippen molar-refractivity contribution in [2.45, 2.75) is 38.1 Å². The highest BCUT2D eigenvalue weighted by molar-refractivity contribution is 7.97. The topological polar surface area (TPSA) is 39.3 Å². The number of hydrogen-bond donors (Lipinski definition) is 1. The van der Waals surface area contributed by atoms with E-state index in [4.69, 9.17) is 0 Å². The van der Waals surface area contributed by atoms with Crippen molar-refractivity contribution in [3.8, 4) is 11.3 Å². The number of benzene rings is 3. The molecule has 0 amide bonds. The minimum atomic E-state index is -0.0630. The van der Waals surface area contributed by atoms with Crippen LogP contribution in [0, 0.1) is 13.8 Å². The Bertz CT molecular complexity index is 1380. The Balaban J connectivity index is 1.29. The van der Waals surface area contributed by atoms with E-state index in [9.17, 15) is 4.79 Å². The molecule has 3 aromatic carbocycles. The number of rotatable bonds is 5. The predicted octanol–water partition coefficient (Wildman–Crippen LogP) is 6.37. The molecule has 0 atom stereocenters. The molecule has 0 spiro atoms. The van der Waals surface area contributed by atoms with Crippen LogP contribution in [0.15, 0.2) is 82.5 Å². The Kier molecular flexibility index (Phi) is 6.58. The Morgan fingerprint density at radius 1 is 0.829 bits per heavy atom. The van der Waals surface area contributed by atoms with Gasteiger partial charge in [0.25, 0.3) is 5.56 Å². The van der Waals surface area contributed by atoms with Gasteiger partial charge in [0.2, 0.25) is 0 Å². The van der Waals surface area contributed by atoms with Gasteiger partial charge in [-0.25, -0.2) is 4.31 Å². The highest BCUT2D eigenvalue weighted by atomic mass is 32.2. The summed E-state index contributed by atoms with van der Waals surface area (Å²) in [5.74, 6) is 0. The summed E-state index contributed by atoms with van der Waals surface area (Å²) in [4.78, 5) is 19.6. The zero-order valence-corrected chi connectivity index (χ0v) is 21.8. The average molecular weight is 484 g/mol. The minimum Gasteiger partial charge on any atom is -0.321 e. The Labute approximate surface area is 212 Å². The molecule has 1 saturated heterocycles. The van der Waals surface area contributed by atoms with Crippen LogP contribution in [-0.4, -0.2) is 40.4 Å². The summed E-state index contributed by atoms with van der Waals surface area (Å²) in [5.41, 5.74) is 5.51. The highest BCUT2D eigenvalue weighted by Crippen LogP contribution is 2.33. The monoisotopic (exact) mass is 483 g/mol. The van der Waals surface area contributed by atoms with Crippen LogP contribution in [0.4, 0.5) is 0 Å². The number of piperazine rings is 1. The normalized spacial score (nSPS) is 15.5. The molecule has 35 heavy (non-hydrogen) atoms. The van der Waals surface area contributed by atoms with Gasteiger partial charge in [-0.15, -0.1) is 0 Å². The van der Waals surface area contributed by atoms with E-state index in [-0.39, 0.29) is 11.1 Å². The maximum atomic E-state index is 12.6. The fraction of sp³-hybridized carbons (Fsp3) is 0.300. The lowest BCUT2D eigenvalue weighted by Gasteiger charge is -2.44. The van der Waals surface area contributed by atoms with Crippen LogP contribution in [0.3, 0.4) is 0 Å². The smallest absolute Gasteiger partial charge is 0.256 e. The van der Waals surface area contributed by atoms with Crippen molar-refractivity contribution in [1.29, 1.82) is 0 Å². The third-order valence-corrected chi connectivity index (χ3v) is 8.40. The van der Waals surface area contributed by atoms with Crippen LogP contribution in [-0.2, 0) is 5.54 Å². The van der Waals surface area contributed by atoms with Crippen LogP contribution in [0.25, 0.3) is 22.0 Å². The Morgan fingerprint density at radius 2 is 1.51 bits per heavy atom. The van der Waals surface area contributed by atoms with Crippen LogP contribution < -0.4 is 5.56 Å². The number of nitrogens with one attached hydrogen (secondary N) is 1. The summed E-state index contributed by atoms with van der Waals surface area (Å²) in [5, 5.41) is 1.75. The van der Waals surface area contributed by atoms with Crippen molar-refractivity contribution in [3.05, 3.63) is 99.8 Å². The molecule has 1 N–H and O–H groups in total. The molecule has 0 unspecified atom stereocenters. The minimum absolute atomic E-state index is 0.0352. The van der Waals surface area contributed by atoms with Gasteiger partial charge in [-0.1, -0.05) is 54.1 Å². The molecule has 1 aromatic heterocycles. The van der Waals surface area contributed by atoms with Gasteiger partial charge in [0.1, 0.15) is 0 Å². The standard InChI is InChI=1S/C30H33N3OS/c1-21-8-14-25(15-9-21)35-33-18-16-32(17-19-33)30(3,4)24-12-10-23(11-13-24)28-20-27-22(2)6-5-7-26(27)29(34)31-28/h5-15,20H,16-19H2,1-4H3,(H,31,34).